The van der Waals surface area contributed by atoms with Crippen molar-refractivity contribution in [1.29, 1.82) is 0 Å². The van der Waals surface area contributed by atoms with Crippen molar-refractivity contribution in [2.45, 2.75) is 6.54 Å². The fourth-order valence-electron chi connectivity index (χ4n) is 1.51. The summed E-state index contributed by atoms with van der Waals surface area (Å²) in [6, 6.07) is 1.73. The normalized spacial score (nSPS) is 10.3. The maximum absolute atomic E-state index is 12.2. The zero-order valence-electron chi connectivity index (χ0n) is 10.5. The second-order valence-corrected chi connectivity index (χ2v) is 6.18. The lowest BCUT2D eigenvalue weighted by Gasteiger charge is -2.15. The van der Waals surface area contributed by atoms with Gasteiger partial charge in [0.15, 0.2) is 0 Å². The Hall–Kier alpha value is -1.47. The number of methoxy groups -OCH3 is 1. The number of nitrogens with zero attached hydrogens (tertiary/aromatic N) is 3. The van der Waals surface area contributed by atoms with E-state index in [2.05, 4.69) is 25.9 Å². The minimum absolute atomic E-state index is 0.0698. The molecule has 0 spiro atoms. The van der Waals surface area contributed by atoms with Crippen LogP contribution >= 0.6 is 27.3 Å². The first-order chi connectivity index (χ1) is 9.11. The van der Waals surface area contributed by atoms with E-state index in [4.69, 9.17) is 4.74 Å². The summed E-state index contributed by atoms with van der Waals surface area (Å²) in [5.41, 5.74) is 0.751. The van der Waals surface area contributed by atoms with Crippen LogP contribution in [0.1, 0.15) is 15.4 Å². The monoisotopic (exact) mass is 341 g/mol. The van der Waals surface area contributed by atoms with Gasteiger partial charge in [-0.3, -0.25) is 14.8 Å². The Bertz CT molecular complexity index is 574. The quantitative estimate of drug-likeness (QED) is 0.857. The van der Waals surface area contributed by atoms with Crippen molar-refractivity contribution in [2.75, 3.05) is 14.2 Å². The van der Waals surface area contributed by atoms with Crippen LogP contribution in [-0.4, -0.2) is 34.9 Å². The SMILES string of the molecule is COc1cc(C(=O)N(C)Cc2cnccn2)sc1Br. The molecule has 100 valence electrons. The summed E-state index contributed by atoms with van der Waals surface area (Å²) in [7, 11) is 3.31. The number of ether oxygens (including phenoxy) is 1. The van der Waals surface area contributed by atoms with Crippen LogP contribution in [0.25, 0.3) is 0 Å². The van der Waals surface area contributed by atoms with Crippen molar-refractivity contribution in [3.05, 3.63) is 39.0 Å². The molecule has 2 rings (SSSR count). The van der Waals surface area contributed by atoms with Crippen LogP contribution in [0.3, 0.4) is 0 Å². The Morgan fingerprint density at radius 2 is 2.32 bits per heavy atom. The molecule has 2 aromatic heterocycles. The van der Waals surface area contributed by atoms with E-state index in [0.29, 0.717) is 17.2 Å². The number of carbonyl (C=O) groups excluding carboxylic acids is 1. The van der Waals surface area contributed by atoms with E-state index >= 15 is 0 Å². The molecule has 0 aromatic carbocycles. The summed E-state index contributed by atoms with van der Waals surface area (Å²) >= 11 is 4.71. The highest BCUT2D eigenvalue weighted by Gasteiger charge is 2.17. The predicted molar refractivity (Wildman–Crippen MR) is 76.4 cm³/mol. The van der Waals surface area contributed by atoms with E-state index in [1.807, 2.05) is 0 Å². The summed E-state index contributed by atoms with van der Waals surface area (Å²) in [6.07, 6.45) is 4.86. The van der Waals surface area contributed by atoms with E-state index in [0.717, 1.165) is 9.48 Å². The molecule has 1 amide bonds. The zero-order valence-corrected chi connectivity index (χ0v) is 12.9. The average Bonchev–Trinajstić information content (AvgIpc) is 2.80. The molecule has 0 saturated heterocycles. The highest BCUT2D eigenvalue weighted by molar-refractivity contribution is 9.11. The van der Waals surface area contributed by atoms with Crippen LogP contribution in [0.15, 0.2) is 28.4 Å². The molecule has 0 saturated carbocycles. The van der Waals surface area contributed by atoms with Crippen molar-refractivity contribution in [3.63, 3.8) is 0 Å². The second kappa shape index (κ2) is 6.12. The van der Waals surface area contributed by atoms with E-state index in [1.165, 1.54) is 11.3 Å². The lowest BCUT2D eigenvalue weighted by molar-refractivity contribution is 0.0788. The van der Waals surface area contributed by atoms with Gasteiger partial charge in [0, 0.05) is 25.5 Å². The van der Waals surface area contributed by atoms with Gasteiger partial charge in [-0.15, -0.1) is 11.3 Å². The molecule has 0 unspecified atom stereocenters. The van der Waals surface area contributed by atoms with Crippen molar-refractivity contribution < 1.29 is 9.53 Å². The number of carbonyl (C=O) groups is 1. The summed E-state index contributed by atoms with van der Waals surface area (Å²) in [4.78, 5) is 22.6. The fraction of sp³-hybridized carbons (Fsp3) is 0.250. The number of halogens is 1. The Labute approximate surface area is 123 Å². The number of aromatic nitrogens is 2. The second-order valence-electron chi connectivity index (χ2n) is 3.81. The number of amides is 1. The van der Waals surface area contributed by atoms with Crippen molar-refractivity contribution >= 4 is 33.2 Å². The van der Waals surface area contributed by atoms with Gasteiger partial charge >= 0.3 is 0 Å². The Balaban J connectivity index is 2.10. The first kappa shape index (κ1) is 14.0. The number of rotatable bonds is 4. The smallest absolute Gasteiger partial charge is 0.264 e. The van der Waals surface area contributed by atoms with E-state index in [9.17, 15) is 4.79 Å². The van der Waals surface area contributed by atoms with Crippen molar-refractivity contribution in [2.24, 2.45) is 0 Å². The molecule has 0 N–H and O–H groups in total. The van der Waals surface area contributed by atoms with Gasteiger partial charge in [0.1, 0.15) is 9.54 Å². The maximum atomic E-state index is 12.2. The summed E-state index contributed by atoms with van der Waals surface area (Å²) in [6.45, 7) is 0.421. The molecular weight excluding hydrogens is 330 g/mol. The number of hydrogen-bond acceptors (Lipinski definition) is 5. The minimum atomic E-state index is -0.0698. The molecule has 0 radical (unpaired) electrons. The molecule has 0 bridgehead atoms. The van der Waals surface area contributed by atoms with Crippen LogP contribution in [0.2, 0.25) is 0 Å². The zero-order chi connectivity index (χ0) is 13.8. The Kier molecular flexibility index (Phi) is 4.49. The van der Waals surface area contributed by atoms with E-state index in [1.54, 1.807) is 43.7 Å². The molecule has 2 heterocycles. The molecule has 5 nitrogen and oxygen atoms in total. The molecule has 0 atom stereocenters. The Morgan fingerprint density at radius 3 is 2.89 bits per heavy atom. The number of thiophene rings is 1. The van der Waals surface area contributed by atoms with Gasteiger partial charge < -0.3 is 9.64 Å². The first-order valence-corrected chi connectivity index (χ1v) is 7.06. The summed E-state index contributed by atoms with van der Waals surface area (Å²) < 4.78 is 5.96. The van der Waals surface area contributed by atoms with Crippen molar-refractivity contribution in [3.8, 4) is 5.75 Å². The third-order valence-electron chi connectivity index (χ3n) is 2.45. The molecule has 2 aromatic rings. The van der Waals surface area contributed by atoms with Gasteiger partial charge in [0.05, 0.1) is 30.4 Å². The van der Waals surface area contributed by atoms with Crippen molar-refractivity contribution in [1.82, 2.24) is 14.9 Å². The van der Waals surface area contributed by atoms with E-state index < -0.39 is 0 Å². The van der Waals surface area contributed by atoms with Crippen LogP contribution in [0, 0.1) is 0 Å². The molecule has 0 aliphatic carbocycles. The summed E-state index contributed by atoms with van der Waals surface area (Å²) in [5, 5.41) is 0. The van der Waals surface area contributed by atoms with Gasteiger partial charge in [-0.1, -0.05) is 0 Å². The van der Waals surface area contributed by atoms with Crippen LogP contribution < -0.4 is 4.74 Å². The van der Waals surface area contributed by atoms with Crippen LogP contribution in [-0.2, 0) is 6.54 Å². The molecule has 7 heteroatoms. The van der Waals surface area contributed by atoms with Crippen LogP contribution in [0.5, 0.6) is 5.75 Å². The lowest BCUT2D eigenvalue weighted by Crippen LogP contribution is -2.25. The first-order valence-electron chi connectivity index (χ1n) is 5.45. The fourth-order valence-corrected chi connectivity index (χ4v) is 3.16. The van der Waals surface area contributed by atoms with Gasteiger partial charge in [0.25, 0.3) is 5.91 Å². The highest BCUT2D eigenvalue weighted by Crippen LogP contribution is 2.34. The third kappa shape index (κ3) is 3.30. The van der Waals surface area contributed by atoms with Gasteiger partial charge in [0.2, 0.25) is 0 Å². The highest BCUT2D eigenvalue weighted by atomic mass is 79.9. The van der Waals surface area contributed by atoms with Gasteiger partial charge in [-0.25, -0.2) is 0 Å². The molecule has 0 fully saturated rings. The minimum Gasteiger partial charge on any atom is -0.495 e. The molecule has 0 aliphatic rings. The largest absolute Gasteiger partial charge is 0.495 e. The predicted octanol–water partition coefficient (Wildman–Crippen LogP) is 2.58. The Morgan fingerprint density at radius 1 is 1.53 bits per heavy atom. The third-order valence-corrected chi connectivity index (χ3v) is 4.22. The maximum Gasteiger partial charge on any atom is 0.264 e. The van der Waals surface area contributed by atoms with Gasteiger partial charge in [-0.05, 0) is 15.9 Å². The molecule has 0 aliphatic heterocycles. The standard InChI is InChI=1S/C12H12BrN3O2S/c1-16(7-8-6-14-3-4-15-8)12(17)10-5-9(18-2)11(13)19-10/h3-6H,7H2,1-2H3. The van der Waals surface area contributed by atoms with Gasteiger partial charge in [-0.2, -0.15) is 0 Å². The topological polar surface area (TPSA) is 55.3 Å². The number of hydrogen-bond donors (Lipinski definition) is 0. The van der Waals surface area contributed by atoms with Crippen LogP contribution in [0.4, 0.5) is 0 Å². The summed E-state index contributed by atoms with van der Waals surface area (Å²) in [5.74, 6) is 0.598. The lowest BCUT2D eigenvalue weighted by atomic mass is 10.3. The average molecular weight is 342 g/mol. The molecular formula is C12H12BrN3O2S. The molecule has 19 heavy (non-hydrogen) atoms. The van der Waals surface area contributed by atoms with E-state index in [-0.39, 0.29) is 5.91 Å².